The van der Waals surface area contributed by atoms with E-state index in [0.717, 1.165) is 5.56 Å². The van der Waals surface area contributed by atoms with E-state index in [-0.39, 0.29) is 35.8 Å². The number of amides is 3. The van der Waals surface area contributed by atoms with Crippen molar-refractivity contribution in [1.82, 2.24) is 15.8 Å². The lowest BCUT2D eigenvalue weighted by Gasteiger charge is -2.31. The van der Waals surface area contributed by atoms with Gasteiger partial charge in [-0.25, -0.2) is 0 Å². The fourth-order valence-corrected chi connectivity index (χ4v) is 3.14. The molecule has 0 spiro atoms. The number of hydrogen-bond acceptors (Lipinski definition) is 5. The van der Waals surface area contributed by atoms with Crippen LogP contribution in [-0.4, -0.2) is 42.8 Å². The minimum atomic E-state index is -0.381. The molecule has 1 aromatic carbocycles. The van der Waals surface area contributed by atoms with E-state index in [9.17, 15) is 14.4 Å². The summed E-state index contributed by atoms with van der Waals surface area (Å²) < 4.78 is 10.2. The Morgan fingerprint density at radius 1 is 1.18 bits per heavy atom. The Labute approximate surface area is 162 Å². The molecule has 1 unspecified atom stereocenters. The van der Waals surface area contributed by atoms with E-state index in [1.165, 1.54) is 6.26 Å². The molecule has 148 valence electrons. The molecule has 1 aliphatic rings. The smallest absolute Gasteiger partial charge is 0.289 e. The van der Waals surface area contributed by atoms with Crippen LogP contribution in [0.2, 0.25) is 0 Å². The number of furan rings is 1. The molecular weight excluding hydrogens is 362 g/mol. The van der Waals surface area contributed by atoms with E-state index in [1.54, 1.807) is 48.4 Å². The third-order valence-electron chi connectivity index (χ3n) is 4.66. The summed E-state index contributed by atoms with van der Waals surface area (Å²) in [6.07, 6.45) is 2.95. The zero-order valence-electron chi connectivity index (χ0n) is 15.6. The number of nitrogens with one attached hydrogen (secondary N) is 2. The average Bonchev–Trinajstić information content (AvgIpc) is 3.27. The molecule has 2 N–H and O–H groups in total. The van der Waals surface area contributed by atoms with E-state index in [2.05, 4.69) is 10.9 Å². The first-order valence-corrected chi connectivity index (χ1v) is 9.11. The van der Waals surface area contributed by atoms with Crippen LogP contribution in [0.3, 0.4) is 0 Å². The Kier molecular flexibility index (Phi) is 6.31. The SMILES string of the molecule is COc1ccc(CC(=O)NNC(=O)C2CCCN(C(=O)c3ccco3)C2)cc1. The highest BCUT2D eigenvalue weighted by molar-refractivity contribution is 5.92. The van der Waals surface area contributed by atoms with Gasteiger partial charge in [-0.1, -0.05) is 12.1 Å². The zero-order valence-corrected chi connectivity index (χ0v) is 15.6. The quantitative estimate of drug-likeness (QED) is 0.760. The molecule has 1 atom stereocenters. The molecule has 3 amide bonds. The fourth-order valence-electron chi connectivity index (χ4n) is 3.14. The Hall–Kier alpha value is -3.29. The molecule has 0 aliphatic carbocycles. The fraction of sp³-hybridized carbons (Fsp3) is 0.350. The first kappa shape index (κ1) is 19.5. The van der Waals surface area contributed by atoms with Crippen molar-refractivity contribution in [2.24, 2.45) is 5.92 Å². The molecule has 0 saturated carbocycles. The molecule has 28 heavy (non-hydrogen) atoms. The molecule has 3 rings (SSSR count). The standard InChI is InChI=1S/C20H23N3O5/c1-27-16-8-6-14(7-9-16)12-18(24)21-22-19(25)15-4-2-10-23(13-15)20(26)17-5-3-11-28-17/h3,5-9,11,15H,2,4,10,12-13H2,1H3,(H,21,24)(H,22,25). The highest BCUT2D eigenvalue weighted by Crippen LogP contribution is 2.19. The number of ether oxygens (including phenoxy) is 1. The van der Waals surface area contributed by atoms with Crippen LogP contribution in [-0.2, 0) is 16.0 Å². The van der Waals surface area contributed by atoms with Gasteiger partial charge in [0.2, 0.25) is 11.8 Å². The van der Waals surface area contributed by atoms with E-state index in [1.807, 2.05) is 0 Å². The molecular formula is C20H23N3O5. The average molecular weight is 385 g/mol. The van der Waals surface area contributed by atoms with Crippen molar-refractivity contribution in [1.29, 1.82) is 0 Å². The molecule has 2 aromatic rings. The predicted molar refractivity (Wildman–Crippen MR) is 100 cm³/mol. The van der Waals surface area contributed by atoms with Crippen molar-refractivity contribution in [3.05, 3.63) is 54.0 Å². The minimum Gasteiger partial charge on any atom is -0.497 e. The molecule has 2 heterocycles. The van der Waals surface area contributed by atoms with Crippen LogP contribution in [0, 0.1) is 5.92 Å². The summed E-state index contributed by atoms with van der Waals surface area (Å²) in [6.45, 7) is 0.868. The number of benzene rings is 1. The molecule has 8 nitrogen and oxygen atoms in total. The highest BCUT2D eigenvalue weighted by Gasteiger charge is 2.30. The number of piperidine rings is 1. The lowest BCUT2D eigenvalue weighted by Crippen LogP contribution is -2.50. The summed E-state index contributed by atoms with van der Waals surface area (Å²) in [5.74, 6) is -0.268. The predicted octanol–water partition coefficient (Wildman–Crippen LogP) is 1.53. The second kappa shape index (κ2) is 9.07. The number of carbonyl (C=O) groups excluding carboxylic acids is 3. The van der Waals surface area contributed by atoms with E-state index >= 15 is 0 Å². The number of hydrogen-bond donors (Lipinski definition) is 2. The minimum absolute atomic E-state index is 0.137. The van der Waals surface area contributed by atoms with Crippen molar-refractivity contribution < 1.29 is 23.5 Å². The van der Waals surface area contributed by atoms with Gasteiger partial charge >= 0.3 is 0 Å². The lowest BCUT2D eigenvalue weighted by molar-refractivity contribution is -0.131. The van der Waals surface area contributed by atoms with Gasteiger partial charge in [0.25, 0.3) is 5.91 Å². The summed E-state index contributed by atoms with van der Waals surface area (Å²) in [5, 5.41) is 0. The van der Waals surface area contributed by atoms with Gasteiger partial charge in [-0.05, 0) is 42.7 Å². The topological polar surface area (TPSA) is 101 Å². The zero-order chi connectivity index (χ0) is 19.9. The summed E-state index contributed by atoms with van der Waals surface area (Å²) in [5.41, 5.74) is 5.71. The third kappa shape index (κ3) is 4.91. The molecule has 1 fully saturated rings. The molecule has 8 heteroatoms. The van der Waals surface area contributed by atoms with Crippen molar-refractivity contribution in [2.75, 3.05) is 20.2 Å². The highest BCUT2D eigenvalue weighted by atomic mass is 16.5. The Balaban J connectivity index is 1.47. The van der Waals surface area contributed by atoms with Crippen LogP contribution in [0.5, 0.6) is 5.75 Å². The van der Waals surface area contributed by atoms with Crippen molar-refractivity contribution >= 4 is 17.7 Å². The van der Waals surface area contributed by atoms with Gasteiger partial charge < -0.3 is 14.1 Å². The van der Waals surface area contributed by atoms with E-state index in [4.69, 9.17) is 9.15 Å². The van der Waals surface area contributed by atoms with E-state index < -0.39 is 0 Å². The monoisotopic (exact) mass is 385 g/mol. The summed E-state index contributed by atoms with van der Waals surface area (Å²) >= 11 is 0. The van der Waals surface area contributed by atoms with E-state index in [0.29, 0.717) is 31.7 Å². The van der Waals surface area contributed by atoms with Crippen LogP contribution < -0.4 is 15.6 Å². The third-order valence-corrected chi connectivity index (χ3v) is 4.66. The normalized spacial score (nSPS) is 16.3. The molecule has 0 radical (unpaired) electrons. The maximum atomic E-state index is 12.4. The van der Waals surface area contributed by atoms with Gasteiger partial charge in [0.1, 0.15) is 5.75 Å². The van der Waals surface area contributed by atoms with Crippen LogP contribution in [0.15, 0.2) is 47.1 Å². The number of rotatable bonds is 5. The first-order valence-electron chi connectivity index (χ1n) is 9.11. The van der Waals surface area contributed by atoms with Crippen LogP contribution in [0.1, 0.15) is 29.0 Å². The number of likely N-dealkylation sites (tertiary alicyclic amines) is 1. The van der Waals surface area contributed by atoms with Gasteiger partial charge in [0.15, 0.2) is 5.76 Å². The van der Waals surface area contributed by atoms with Gasteiger partial charge in [-0.2, -0.15) is 0 Å². The van der Waals surface area contributed by atoms with Gasteiger partial charge in [-0.3, -0.25) is 25.2 Å². The number of nitrogens with zero attached hydrogens (tertiary/aromatic N) is 1. The Morgan fingerprint density at radius 2 is 1.96 bits per heavy atom. The molecule has 1 aliphatic heterocycles. The largest absolute Gasteiger partial charge is 0.497 e. The molecule has 1 aromatic heterocycles. The Bertz CT molecular complexity index is 817. The number of methoxy groups -OCH3 is 1. The first-order chi connectivity index (χ1) is 13.6. The van der Waals surface area contributed by atoms with Gasteiger partial charge in [-0.15, -0.1) is 0 Å². The number of carbonyl (C=O) groups is 3. The summed E-state index contributed by atoms with van der Waals surface area (Å²) in [7, 11) is 1.58. The Morgan fingerprint density at radius 3 is 2.64 bits per heavy atom. The summed E-state index contributed by atoms with van der Waals surface area (Å²) in [6, 6.07) is 10.4. The van der Waals surface area contributed by atoms with Crippen molar-refractivity contribution in [3.63, 3.8) is 0 Å². The maximum Gasteiger partial charge on any atom is 0.289 e. The second-order valence-electron chi connectivity index (χ2n) is 6.63. The van der Waals surface area contributed by atoms with Crippen molar-refractivity contribution in [2.45, 2.75) is 19.3 Å². The molecule has 1 saturated heterocycles. The van der Waals surface area contributed by atoms with Gasteiger partial charge in [0, 0.05) is 13.1 Å². The van der Waals surface area contributed by atoms with Crippen LogP contribution in [0.4, 0.5) is 0 Å². The van der Waals surface area contributed by atoms with Crippen LogP contribution in [0.25, 0.3) is 0 Å². The van der Waals surface area contributed by atoms with Crippen LogP contribution >= 0.6 is 0 Å². The van der Waals surface area contributed by atoms with Gasteiger partial charge in [0.05, 0.1) is 25.7 Å². The second-order valence-corrected chi connectivity index (χ2v) is 6.63. The maximum absolute atomic E-state index is 12.4. The van der Waals surface area contributed by atoms with Crippen molar-refractivity contribution in [3.8, 4) is 5.75 Å². The summed E-state index contributed by atoms with van der Waals surface area (Å²) in [4.78, 5) is 38.4. The molecule has 0 bridgehead atoms. The number of hydrazine groups is 1. The lowest BCUT2D eigenvalue weighted by atomic mass is 9.97.